The van der Waals surface area contributed by atoms with E-state index in [9.17, 15) is 0 Å². The Kier molecular flexibility index (Phi) is 1.85. The molecule has 0 aliphatic heterocycles. The van der Waals surface area contributed by atoms with E-state index in [4.69, 9.17) is 5.73 Å². The van der Waals surface area contributed by atoms with E-state index in [-0.39, 0.29) is 0 Å². The van der Waals surface area contributed by atoms with Crippen LogP contribution >= 0.6 is 0 Å². The molecule has 0 radical (unpaired) electrons. The third-order valence-electron chi connectivity index (χ3n) is 4.22. The largest absolute Gasteiger partial charge is 0.384 e. The Balaban J connectivity index is 1.74. The SMILES string of the molecule is Cc1c(C2CC(C3CC3)C2)nn(C)c1N. The summed E-state index contributed by atoms with van der Waals surface area (Å²) in [6.45, 7) is 2.10. The molecule has 15 heavy (non-hydrogen) atoms. The quantitative estimate of drug-likeness (QED) is 0.804. The molecule has 2 aliphatic carbocycles. The van der Waals surface area contributed by atoms with Gasteiger partial charge in [-0.25, -0.2) is 0 Å². The minimum atomic E-state index is 0.694. The molecule has 3 nitrogen and oxygen atoms in total. The van der Waals surface area contributed by atoms with Gasteiger partial charge in [0.25, 0.3) is 0 Å². The zero-order valence-electron chi connectivity index (χ0n) is 9.53. The van der Waals surface area contributed by atoms with E-state index in [1.807, 2.05) is 11.7 Å². The molecular formula is C12H19N3. The number of aromatic nitrogens is 2. The number of nitrogens with zero attached hydrogens (tertiary/aromatic N) is 2. The molecule has 0 amide bonds. The number of nitrogens with two attached hydrogens (primary N) is 1. The van der Waals surface area contributed by atoms with Crippen molar-refractivity contribution in [1.82, 2.24) is 9.78 Å². The molecule has 0 atom stereocenters. The van der Waals surface area contributed by atoms with Crippen molar-refractivity contribution in [2.45, 2.75) is 38.5 Å². The molecule has 0 aromatic carbocycles. The molecule has 2 fully saturated rings. The van der Waals surface area contributed by atoms with Crippen LogP contribution < -0.4 is 5.73 Å². The summed E-state index contributed by atoms with van der Waals surface area (Å²) in [5.74, 6) is 3.58. The molecule has 1 aromatic rings. The van der Waals surface area contributed by atoms with Gasteiger partial charge in [-0.15, -0.1) is 0 Å². The van der Waals surface area contributed by atoms with Gasteiger partial charge in [-0.05, 0) is 44.4 Å². The maximum Gasteiger partial charge on any atom is 0.124 e. The maximum absolute atomic E-state index is 5.93. The van der Waals surface area contributed by atoms with Crippen molar-refractivity contribution in [3.8, 4) is 0 Å². The molecule has 1 heterocycles. The fourth-order valence-electron chi connectivity index (χ4n) is 2.89. The van der Waals surface area contributed by atoms with Crippen molar-refractivity contribution in [3.05, 3.63) is 11.3 Å². The van der Waals surface area contributed by atoms with Gasteiger partial charge in [0, 0.05) is 18.5 Å². The van der Waals surface area contributed by atoms with Gasteiger partial charge in [0.05, 0.1) is 5.69 Å². The molecule has 3 heteroatoms. The van der Waals surface area contributed by atoms with E-state index in [0.717, 1.165) is 17.7 Å². The van der Waals surface area contributed by atoms with Gasteiger partial charge in [0.2, 0.25) is 0 Å². The van der Waals surface area contributed by atoms with Crippen molar-refractivity contribution < 1.29 is 0 Å². The van der Waals surface area contributed by atoms with Crippen LogP contribution in [0.3, 0.4) is 0 Å². The number of anilines is 1. The Morgan fingerprint density at radius 1 is 1.27 bits per heavy atom. The molecule has 2 aliphatic rings. The lowest BCUT2D eigenvalue weighted by atomic mass is 9.70. The van der Waals surface area contributed by atoms with Crippen LogP contribution in [-0.2, 0) is 7.05 Å². The molecule has 0 spiro atoms. The monoisotopic (exact) mass is 205 g/mol. The smallest absolute Gasteiger partial charge is 0.124 e. The summed E-state index contributed by atoms with van der Waals surface area (Å²) in [5.41, 5.74) is 8.39. The van der Waals surface area contributed by atoms with Crippen molar-refractivity contribution in [1.29, 1.82) is 0 Å². The van der Waals surface area contributed by atoms with Gasteiger partial charge in [-0.3, -0.25) is 4.68 Å². The summed E-state index contributed by atoms with van der Waals surface area (Å²) in [6, 6.07) is 0. The van der Waals surface area contributed by atoms with Gasteiger partial charge in [0.1, 0.15) is 5.82 Å². The Labute approximate surface area is 90.7 Å². The number of nitrogen functional groups attached to an aromatic ring is 1. The van der Waals surface area contributed by atoms with E-state index < -0.39 is 0 Å². The van der Waals surface area contributed by atoms with Gasteiger partial charge in [-0.2, -0.15) is 5.10 Å². The molecule has 0 unspecified atom stereocenters. The molecule has 0 bridgehead atoms. The van der Waals surface area contributed by atoms with Crippen LogP contribution in [0.4, 0.5) is 5.82 Å². The zero-order chi connectivity index (χ0) is 10.6. The first kappa shape index (κ1) is 9.25. The average molecular weight is 205 g/mol. The lowest BCUT2D eigenvalue weighted by molar-refractivity contribution is 0.227. The van der Waals surface area contributed by atoms with E-state index in [2.05, 4.69) is 12.0 Å². The van der Waals surface area contributed by atoms with Crippen LogP contribution in [0.5, 0.6) is 0 Å². The molecule has 3 rings (SSSR count). The summed E-state index contributed by atoms with van der Waals surface area (Å²) < 4.78 is 1.81. The fourth-order valence-corrected chi connectivity index (χ4v) is 2.89. The normalized spacial score (nSPS) is 30.3. The minimum Gasteiger partial charge on any atom is -0.384 e. The highest BCUT2D eigenvalue weighted by atomic mass is 15.3. The van der Waals surface area contributed by atoms with Crippen LogP contribution in [0.25, 0.3) is 0 Å². The molecule has 1 aromatic heterocycles. The third kappa shape index (κ3) is 1.36. The molecular weight excluding hydrogens is 186 g/mol. The maximum atomic E-state index is 5.93. The Morgan fingerprint density at radius 3 is 2.40 bits per heavy atom. The Hall–Kier alpha value is -0.990. The summed E-state index contributed by atoms with van der Waals surface area (Å²) in [4.78, 5) is 0. The van der Waals surface area contributed by atoms with Crippen LogP contribution in [0.2, 0.25) is 0 Å². The molecule has 0 saturated heterocycles. The molecule has 82 valence electrons. The Bertz CT molecular complexity index is 384. The summed E-state index contributed by atoms with van der Waals surface area (Å²) >= 11 is 0. The highest BCUT2D eigenvalue weighted by Gasteiger charge is 2.42. The number of rotatable bonds is 2. The van der Waals surface area contributed by atoms with Crippen LogP contribution in [-0.4, -0.2) is 9.78 Å². The second-order valence-electron chi connectivity index (χ2n) is 5.28. The number of hydrogen-bond acceptors (Lipinski definition) is 2. The first-order valence-corrected chi connectivity index (χ1v) is 5.95. The Morgan fingerprint density at radius 2 is 1.93 bits per heavy atom. The minimum absolute atomic E-state index is 0.694. The molecule has 2 N–H and O–H groups in total. The lowest BCUT2D eigenvalue weighted by Gasteiger charge is -2.34. The van der Waals surface area contributed by atoms with Crippen molar-refractivity contribution in [3.63, 3.8) is 0 Å². The molecule has 2 saturated carbocycles. The number of aryl methyl sites for hydroxylation is 1. The summed E-state index contributed by atoms with van der Waals surface area (Å²) in [5, 5.41) is 4.54. The zero-order valence-corrected chi connectivity index (χ0v) is 9.53. The predicted octanol–water partition coefficient (Wildman–Crippen LogP) is 2.21. The first-order valence-electron chi connectivity index (χ1n) is 5.95. The summed E-state index contributed by atoms with van der Waals surface area (Å²) in [7, 11) is 1.93. The predicted molar refractivity (Wildman–Crippen MR) is 60.5 cm³/mol. The summed E-state index contributed by atoms with van der Waals surface area (Å²) in [6.07, 6.45) is 5.64. The number of hydrogen-bond donors (Lipinski definition) is 1. The van der Waals surface area contributed by atoms with Crippen molar-refractivity contribution in [2.24, 2.45) is 18.9 Å². The van der Waals surface area contributed by atoms with Crippen molar-refractivity contribution in [2.75, 3.05) is 5.73 Å². The highest BCUT2D eigenvalue weighted by molar-refractivity contribution is 5.44. The van der Waals surface area contributed by atoms with Gasteiger partial charge < -0.3 is 5.73 Å². The first-order chi connectivity index (χ1) is 7.16. The lowest BCUT2D eigenvalue weighted by Crippen LogP contribution is -2.24. The standard InChI is InChI=1S/C12H19N3/c1-7-11(14-15(2)12(7)13)10-5-9(6-10)8-3-4-8/h8-10H,3-6,13H2,1-2H3. The van der Waals surface area contributed by atoms with Crippen LogP contribution in [0.15, 0.2) is 0 Å². The average Bonchev–Trinajstić information content (AvgIpc) is 2.91. The van der Waals surface area contributed by atoms with E-state index in [1.165, 1.54) is 36.9 Å². The topological polar surface area (TPSA) is 43.8 Å². The van der Waals surface area contributed by atoms with E-state index in [1.54, 1.807) is 0 Å². The fraction of sp³-hybridized carbons (Fsp3) is 0.750. The third-order valence-corrected chi connectivity index (χ3v) is 4.22. The van der Waals surface area contributed by atoms with E-state index >= 15 is 0 Å². The van der Waals surface area contributed by atoms with Gasteiger partial charge in [0.15, 0.2) is 0 Å². The van der Waals surface area contributed by atoms with Crippen molar-refractivity contribution >= 4 is 5.82 Å². The second-order valence-corrected chi connectivity index (χ2v) is 5.28. The van der Waals surface area contributed by atoms with E-state index in [0.29, 0.717) is 5.92 Å². The van der Waals surface area contributed by atoms with Crippen LogP contribution in [0.1, 0.15) is 42.9 Å². The second kappa shape index (κ2) is 3.00. The van der Waals surface area contributed by atoms with Crippen LogP contribution in [0, 0.1) is 18.8 Å². The highest BCUT2D eigenvalue weighted by Crippen LogP contribution is 2.53. The van der Waals surface area contributed by atoms with Gasteiger partial charge >= 0.3 is 0 Å². The van der Waals surface area contributed by atoms with Gasteiger partial charge in [-0.1, -0.05) is 0 Å².